The Bertz CT molecular complexity index is 91.7. The Labute approximate surface area is 78.3 Å². The van der Waals surface area contributed by atoms with Crippen molar-refractivity contribution in [1.29, 1.82) is 0 Å². The van der Waals surface area contributed by atoms with Crippen molar-refractivity contribution in [3.05, 3.63) is 0 Å². The van der Waals surface area contributed by atoms with Gasteiger partial charge in [0, 0.05) is 21.3 Å². The first kappa shape index (κ1) is 12.8. The minimum absolute atomic E-state index is 0. The van der Waals surface area contributed by atoms with Gasteiger partial charge in [-0.3, -0.25) is 13.6 Å². The molecule has 0 saturated carbocycles. The van der Waals surface area contributed by atoms with Gasteiger partial charge in [-0.15, -0.1) is 0 Å². The molecule has 0 fully saturated rings. The minimum atomic E-state index is -3.16. The summed E-state index contributed by atoms with van der Waals surface area (Å²) in [5.41, 5.74) is 0. The number of phosphoric ester groups is 1. The number of rotatable bonds is 3. The number of hydrogen-bond acceptors (Lipinski definition) is 4. The third-order valence-corrected chi connectivity index (χ3v) is 2.01. The zero-order valence-corrected chi connectivity index (χ0v) is 8.97. The normalized spacial score (nSPS) is 10.6. The average molecular weight is 164 g/mol. The summed E-state index contributed by atoms with van der Waals surface area (Å²) in [6.45, 7) is 0. The molecule has 0 aliphatic heterocycles. The summed E-state index contributed by atoms with van der Waals surface area (Å²) in [6, 6.07) is 0. The maximum Gasteiger partial charge on any atom is 1.00 e. The molecule has 9 heavy (non-hydrogen) atoms. The van der Waals surface area contributed by atoms with Crippen molar-refractivity contribution in [2.75, 3.05) is 21.3 Å². The molecule has 0 spiro atoms. The molecule has 0 radical (unpaired) electrons. The van der Waals surface area contributed by atoms with Crippen LogP contribution in [-0.2, 0) is 18.1 Å². The van der Waals surface area contributed by atoms with Gasteiger partial charge in [0.2, 0.25) is 0 Å². The molecule has 0 atom stereocenters. The number of hydrogen-bond donors (Lipinski definition) is 0. The average Bonchev–Trinajstić information content (AvgIpc) is 1.87. The Morgan fingerprint density at radius 3 is 1.33 bits per heavy atom. The van der Waals surface area contributed by atoms with Crippen LogP contribution in [0.4, 0.5) is 0 Å². The Hall–Kier alpha value is 1.11. The largest absolute Gasteiger partial charge is 1.00 e. The first-order valence-electron chi connectivity index (χ1n) is 1.96. The Balaban J connectivity index is -0.000000245. The molecular weight excluding hydrogens is 154 g/mol. The molecule has 0 unspecified atom stereocenters. The van der Waals surface area contributed by atoms with E-state index in [1.165, 1.54) is 21.3 Å². The molecule has 0 bridgehead atoms. The molecule has 0 N–H and O–H groups in total. The van der Waals surface area contributed by atoms with E-state index in [9.17, 15) is 4.57 Å². The van der Waals surface area contributed by atoms with Gasteiger partial charge >= 0.3 is 37.4 Å². The first-order valence-corrected chi connectivity index (χ1v) is 3.42. The summed E-state index contributed by atoms with van der Waals surface area (Å²) in [6.07, 6.45) is 0. The van der Waals surface area contributed by atoms with Crippen molar-refractivity contribution in [3.8, 4) is 0 Å². The van der Waals surface area contributed by atoms with E-state index in [-0.39, 0.29) is 31.0 Å². The van der Waals surface area contributed by atoms with Gasteiger partial charge in [-0.1, -0.05) is 0 Å². The topological polar surface area (TPSA) is 44.8 Å². The number of phosphoric acid groups is 1. The van der Waals surface area contributed by atoms with Gasteiger partial charge in [-0.05, 0) is 0 Å². The van der Waals surface area contributed by atoms with E-state index in [0.29, 0.717) is 0 Å². The van der Waals surface area contributed by atoms with Crippen molar-refractivity contribution in [2.24, 2.45) is 0 Å². The molecule has 0 heterocycles. The smallest absolute Gasteiger partial charge is 1.00 e. The molecule has 0 aliphatic carbocycles. The minimum Gasteiger partial charge on any atom is -1.00 e. The summed E-state index contributed by atoms with van der Waals surface area (Å²) < 4.78 is 23.7. The molecule has 0 aromatic carbocycles. The van der Waals surface area contributed by atoms with E-state index in [4.69, 9.17) is 0 Å². The van der Waals surface area contributed by atoms with Gasteiger partial charge in [-0.2, -0.15) is 0 Å². The van der Waals surface area contributed by atoms with Gasteiger partial charge < -0.3 is 1.43 Å². The van der Waals surface area contributed by atoms with Crippen LogP contribution in [0.1, 0.15) is 1.43 Å². The molecule has 4 nitrogen and oxygen atoms in total. The second kappa shape index (κ2) is 5.86. The fourth-order valence-electron chi connectivity index (χ4n) is 0.224. The molecule has 0 amide bonds. The van der Waals surface area contributed by atoms with Crippen LogP contribution >= 0.6 is 7.82 Å². The maximum absolute atomic E-state index is 10.7. The SMILES string of the molecule is COP(=O)(OC)OC.[H-].[Na+]. The van der Waals surface area contributed by atoms with Gasteiger partial charge in [0.1, 0.15) is 0 Å². The van der Waals surface area contributed by atoms with Crippen LogP contribution in [0.2, 0.25) is 0 Å². The fraction of sp³-hybridized carbons (Fsp3) is 1.00. The van der Waals surface area contributed by atoms with Gasteiger partial charge in [-0.25, -0.2) is 4.57 Å². The summed E-state index contributed by atoms with van der Waals surface area (Å²) in [5.74, 6) is 0. The monoisotopic (exact) mass is 164 g/mol. The second-order valence-corrected chi connectivity index (χ2v) is 2.98. The van der Waals surface area contributed by atoms with E-state index < -0.39 is 7.82 Å². The van der Waals surface area contributed by atoms with Crippen LogP contribution in [0.15, 0.2) is 0 Å². The molecule has 0 aromatic rings. The molecule has 0 saturated heterocycles. The van der Waals surface area contributed by atoms with Crippen molar-refractivity contribution in [3.63, 3.8) is 0 Å². The van der Waals surface area contributed by atoms with Crippen molar-refractivity contribution >= 4 is 7.82 Å². The molecule has 6 heteroatoms. The maximum atomic E-state index is 10.7. The van der Waals surface area contributed by atoms with Crippen LogP contribution in [0.5, 0.6) is 0 Å². The van der Waals surface area contributed by atoms with Crippen molar-refractivity contribution in [2.45, 2.75) is 0 Å². The molecule has 0 aliphatic rings. The fourth-order valence-corrected chi connectivity index (χ4v) is 0.671. The second-order valence-electron chi connectivity index (χ2n) is 0.995. The third-order valence-electron chi connectivity index (χ3n) is 0.671. The van der Waals surface area contributed by atoms with Gasteiger partial charge in [0.25, 0.3) is 0 Å². The molecular formula is C3H10NaO4P. The van der Waals surface area contributed by atoms with Crippen LogP contribution < -0.4 is 29.6 Å². The zero-order chi connectivity index (χ0) is 6.62. The molecule has 52 valence electrons. The van der Waals surface area contributed by atoms with Gasteiger partial charge in [0.05, 0.1) is 0 Å². The van der Waals surface area contributed by atoms with Crippen LogP contribution in [-0.4, -0.2) is 21.3 Å². The predicted octanol–water partition coefficient (Wildman–Crippen LogP) is -1.85. The van der Waals surface area contributed by atoms with E-state index in [2.05, 4.69) is 13.6 Å². The van der Waals surface area contributed by atoms with Crippen LogP contribution in [0.25, 0.3) is 0 Å². The molecule has 0 aromatic heterocycles. The van der Waals surface area contributed by atoms with Crippen LogP contribution in [0.3, 0.4) is 0 Å². The predicted molar refractivity (Wildman–Crippen MR) is 29.7 cm³/mol. The quantitative estimate of drug-likeness (QED) is 0.363. The van der Waals surface area contributed by atoms with E-state index in [1.807, 2.05) is 0 Å². The van der Waals surface area contributed by atoms with Gasteiger partial charge in [0.15, 0.2) is 0 Å². The van der Waals surface area contributed by atoms with E-state index >= 15 is 0 Å². The summed E-state index contributed by atoms with van der Waals surface area (Å²) in [4.78, 5) is 0. The summed E-state index contributed by atoms with van der Waals surface area (Å²) in [7, 11) is 0.611. The standard InChI is InChI=1S/C3H9O4P.Na.H/c1-5-8(4,6-2)7-3;;/h1-3H3;;/q;+1;-1. The van der Waals surface area contributed by atoms with Crippen molar-refractivity contribution < 1.29 is 49.1 Å². The first-order chi connectivity index (χ1) is 3.68. The van der Waals surface area contributed by atoms with E-state index in [1.54, 1.807) is 0 Å². The van der Waals surface area contributed by atoms with E-state index in [0.717, 1.165) is 0 Å². The third kappa shape index (κ3) is 4.51. The summed E-state index contributed by atoms with van der Waals surface area (Å²) >= 11 is 0. The Morgan fingerprint density at radius 2 is 1.33 bits per heavy atom. The zero-order valence-electron chi connectivity index (χ0n) is 7.08. The Kier molecular flexibility index (Phi) is 8.31. The molecule has 0 rings (SSSR count). The van der Waals surface area contributed by atoms with Crippen molar-refractivity contribution in [1.82, 2.24) is 0 Å². The Morgan fingerprint density at radius 1 is 1.11 bits per heavy atom. The van der Waals surface area contributed by atoms with Crippen LogP contribution in [0, 0.1) is 0 Å². The summed E-state index contributed by atoms with van der Waals surface area (Å²) in [5, 5.41) is 0.